The van der Waals surface area contributed by atoms with Crippen LogP contribution in [0.4, 0.5) is 0 Å². The zero-order valence-electron chi connectivity index (χ0n) is 7.81. The van der Waals surface area contributed by atoms with Crippen molar-refractivity contribution < 1.29 is 0 Å². The van der Waals surface area contributed by atoms with Crippen LogP contribution in [0.1, 0.15) is 30.5 Å². The fraction of sp³-hybridized carbons (Fsp3) is 0.455. The van der Waals surface area contributed by atoms with E-state index in [1.54, 1.807) is 0 Å². The van der Waals surface area contributed by atoms with Crippen molar-refractivity contribution in [2.75, 3.05) is 6.54 Å². The van der Waals surface area contributed by atoms with Gasteiger partial charge in [0.25, 0.3) is 0 Å². The molecule has 0 bridgehead atoms. The largest absolute Gasteiger partial charge is 0.310 e. The summed E-state index contributed by atoms with van der Waals surface area (Å²) in [7, 11) is 0. The SMILES string of the molecule is CCc1cccc(Cl)c1[C@@H]1CCN1. The fourth-order valence-electron chi connectivity index (χ4n) is 1.82. The van der Waals surface area contributed by atoms with Gasteiger partial charge in [-0.3, -0.25) is 0 Å². The predicted octanol–water partition coefficient (Wildman–Crippen LogP) is 2.94. The molecule has 1 aliphatic rings. The first-order chi connectivity index (χ1) is 6.33. The van der Waals surface area contributed by atoms with E-state index in [0.29, 0.717) is 6.04 Å². The number of nitrogens with one attached hydrogen (secondary N) is 1. The summed E-state index contributed by atoms with van der Waals surface area (Å²) < 4.78 is 0. The monoisotopic (exact) mass is 195 g/mol. The average molecular weight is 196 g/mol. The minimum atomic E-state index is 0.503. The molecule has 70 valence electrons. The van der Waals surface area contributed by atoms with Crippen molar-refractivity contribution >= 4 is 11.6 Å². The smallest absolute Gasteiger partial charge is 0.0456 e. The molecule has 1 fully saturated rings. The van der Waals surface area contributed by atoms with Crippen LogP contribution in [0.15, 0.2) is 18.2 Å². The lowest BCUT2D eigenvalue weighted by Gasteiger charge is -2.30. The third-order valence-electron chi connectivity index (χ3n) is 2.70. The van der Waals surface area contributed by atoms with Crippen molar-refractivity contribution in [2.24, 2.45) is 0 Å². The van der Waals surface area contributed by atoms with Gasteiger partial charge in [0, 0.05) is 11.1 Å². The van der Waals surface area contributed by atoms with Crippen LogP contribution in [0.3, 0.4) is 0 Å². The summed E-state index contributed by atoms with van der Waals surface area (Å²) in [5.74, 6) is 0. The van der Waals surface area contributed by atoms with E-state index in [1.165, 1.54) is 17.5 Å². The number of aryl methyl sites for hydroxylation is 1. The molecule has 1 aliphatic heterocycles. The van der Waals surface area contributed by atoms with Crippen molar-refractivity contribution in [1.29, 1.82) is 0 Å². The molecule has 1 atom stereocenters. The predicted molar refractivity (Wildman–Crippen MR) is 56.2 cm³/mol. The summed E-state index contributed by atoms with van der Waals surface area (Å²) in [6, 6.07) is 6.68. The van der Waals surface area contributed by atoms with Gasteiger partial charge in [-0.05, 0) is 36.6 Å². The van der Waals surface area contributed by atoms with Crippen LogP contribution in [0, 0.1) is 0 Å². The molecule has 0 saturated carbocycles. The van der Waals surface area contributed by atoms with Crippen LogP contribution in [-0.2, 0) is 6.42 Å². The average Bonchev–Trinajstić information content (AvgIpc) is 2.05. The highest BCUT2D eigenvalue weighted by molar-refractivity contribution is 6.31. The molecule has 1 N–H and O–H groups in total. The van der Waals surface area contributed by atoms with Gasteiger partial charge in [0.1, 0.15) is 0 Å². The van der Waals surface area contributed by atoms with E-state index in [4.69, 9.17) is 11.6 Å². The second-order valence-corrected chi connectivity index (χ2v) is 3.87. The Morgan fingerprint density at radius 2 is 2.31 bits per heavy atom. The standard InChI is InChI=1S/C11H14ClN/c1-2-8-4-3-5-9(12)11(8)10-6-7-13-10/h3-5,10,13H,2,6-7H2,1H3/t10-/m0/s1. The van der Waals surface area contributed by atoms with Crippen LogP contribution >= 0.6 is 11.6 Å². The van der Waals surface area contributed by atoms with Crippen molar-refractivity contribution in [1.82, 2.24) is 5.32 Å². The van der Waals surface area contributed by atoms with Crippen molar-refractivity contribution in [2.45, 2.75) is 25.8 Å². The lowest BCUT2D eigenvalue weighted by molar-refractivity contribution is 0.381. The van der Waals surface area contributed by atoms with Gasteiger partial charge in [-0.25, -0.2) is 0 Å². The Balaban J connectivity index is 2.39. The van der Waals surface area contributed by atoms with Gasteiger partial charge in [-0.2, -0.15) is 0 Å². The zero-order valence-corrected chi connectivity index (χ0v) is 8.56. The molecule has 13 heavy (non-hydrogen) atoms. The van der Waals surface area contributed by atoms with Gasteiger partial charge >= 0.3 is 0 Å². The van der Waals surface area contributed by atoms with E-state index in [2.05, 4.69) is 18.3 Å². The first-order valence-electron chi connectivity index (χ1n) is 4.83. The Kier molecular flexibility index (Phi) is 2.56. The van der Waals surface area contributed by atoms with Gasteiger partial charge in [0.05, 0.1) is 0 Å². The molecule has 0 aromatic heterocycles. The highest BCUT2D eigenvalue weighted by atomic mass is 35.5. The normalized spacial score (nSPS) is 21.2. The number of rotatable bonds is 2. The lowest BCUT2D eigenvalue weighted by Crippen LogP contribution is -2.35. The molecule has 2 heteroatoms. The number of benzene rings is 1. The third kappa shape index (κ3) is 1.59. The number of hydrogen-bond donors (Lipinski definition) is 1. The molecule has 1 nitrogen and oxygen atoms in total. The maximum atomic E-state index is 6.18. The van der Waals surface area contributed by atoms with Gasteiger partial charge < -0.3 is 5.32 Å². The van der Waals surface area contributed by atoms with Crippen LogP contribution in [0.25, 0.3) is 0 Å². The van der Waals surface area contributed by atoms with Crippen LogP contribution < -0.4 is 5.32 Å². The van der Waals surface area contributed by atoms with Crippen molar-refractivity contribution in [3.63, 3.8) is 0 Å². The maximum Gasteiger partial charge on any atom is 0.0456 e. The molecule has 1 aromatic rings. The van der Waals surface area contributed by atoms with E-state index in [0.717, 1.165) is 18.0 Å². The molecule has 0 aliphatic carbocycles. The third-order valence-corrected chi connectivity index (χ3v) is 3.03. The Morgan fingerprint density at radius 1 is 1.54 bits per heavy atom. The molecule has 1 saturated heterocycles. The Hall–Kier alpha value is -0.530. The molecule has 0 radical (unpaired) electrons. The molecule has 1 heterocycles. The maximum absolute atomic E-state index is 6.18. The summed E-state index contributed by atoms with van der Waals surface area (Å²) in [4.78, 5) is 0. The highest BCUT2D eigenvalue weighted by Crippen LogP contribution is 2.32. The van der Waals surface area contributed by atoms with Gasteiger partial charge in [0.15, 0.2) is 0 Å². The van der Waals surface area contributed by atoms with Crippen molar-refractivity contribution in [3.8, 4) is 0 Å². The fourth-order valence-corrected chi connectivity index (χ4v) is 2.14. The minimum absolute atomic E-state index is 0.503. The van der Waals surface area contributed by atoms with E-state index in [-0.39, 0.29) is 0 Å². The summed E-state index contributed by atoms with van der Waals surface area (Å²) in [5.41, 5.74) is 2.70. The molecule has 2 rings (SSSR count). The second kappa shape index (κ2) is 3.69. The Morgan fingerprint density at radius 3 is 2.85 bits per heavy atom. The van der Waals surface area contributed by atoms with Gasteiger partial charge in [-0.15, -0.1) is 0 Å². The molecular formula is C11H14ClN. The van der Waals surface area contributed by atoms with Crippen LogP contribution in [-0.4, -0.2) is 6.54 Å². The molecule has 0 amide bonds. The summed E-state index contributed by atoms with van der Waals surface area (Å²) in [6.45, 7) is 3.30. The number of halogens is 1. The summed E-state index contributed by atoms with van der Waals surface area (Å²) >= 11 is 6.18. The topological polar surface area (TPSA) is 12.0 Å². The van der Waals surface area contributed by atoms with Crippen LogP contribution in [0.5, 0.6) is 0 Å². The Labute approximate surface area is 84.1 Å². The number of hydrogen-bond acceptors (Lipinski definition) is 1. The zero-order chi connectivity index (χ0) is 9.26. The first-order valence-corrected chi connectivity index (χ1v) is 5.21. The summed E-state index contributed by atoms with van der Waals surface area (Å²) in [5, 5.41) is 4.31. The quantitative estimate of drug-likeness (QED) is 0.765. The minimum Gasteiger partial charge on any atom is -0.310 e. The van der Waals surface area contributed by atoms with Gasteiger partial charge in [0.2, 0.25) is 0 Å². The van der Waals surface area contributed by atoms with Gasteiger partial charge in [-0.1, -0.05) is 30.7 Å². The van der Waals surface area contributed by atoms with E-state index < -0.39 is 0 Å². The Bertz CT molecular complexity index is 305. The first kappa shape index (κ1) is 9.04. The molecule has 1 aromatic carbocycles. The van der Waals surface area contributed by atoms with E-state index in [1.807, 2.05) is 12.1 Å². The van der Waals surface area contributed by atoms with Crippen molar-refractivity contribution in [3.05, 3.63) is 34.3 Å². The summed E-state index contributed by atoms with van der Waals surface area (Å²) in [6.07, 6.45) is 2.28. The molecule has 0 spiro atoms. The van der Waals surface area contributed by atoms with Crippen LogP contribution in [0.2, 0.25) is 5.02 Å². The molecular weight excluding hydrogens is 182 g/mol. The second-order valence-electron chi connectivity index (χ2n) is 3.46. The van der Waals surface area contributed by atoms with E-state index >= 15 is 0 Å². The highest BCUT2D eigenvalue weighted by Gasteiger charge is 2.22. The molecule has 0 unspecified atom stereocenters. The van der Waals surface area contributed by atoms with E-state index in [9.17, 15) is 0 Å². The lowest BCUT2D eigenvalue weighted by atomic mass is 9.92.